The van der Waals surface area contributed by atoms with E-state index in [1.54, 1.807) is 13.0 Å². The number of allylic oxidation sites excluding steroid dienone is 1. The van der Waals surface area contributed by atoms with Gasteiger partial charge in [-0.25, -0.2) is 4.79 Å². The minimum atomic E-state index is -0.284. The van der Waals surface area contributed by atoms with Crippen LogP contribution in [0.15, 0.2) is 12.2 Å². The van der Waals surface area contributed by atoms with Crippen molar-refractivity contribution in [2.75, 3.05) is 0 Å². The summed E-state index contributed by atoms with van der Waals surface area (Å²) in [7, 11) is 0. The number of esters is 2. The molecule has 0 aromatic rings. The van der Waals surface area contributed by atoms with E-state index >= 15 is 0 Å². The van der Waals surface area contributed by atoms with Gasteiger partial charge in [0, 0.05) is 6.08 Å². The van der Waals surface area contributed by atoms with Gasteiger partial charge in [-0.1, -0.05) is 32.3 Å². The lowest BCUT2D eigenvalue weighted by Crippen LogP contribution is -2.32. The van der Waals surface area contributed by atoms with Crippen LogP contribution in [0, 0.1) is 11.8 Å². The van der Waals surface area contributed by atoms with Gasteiger partial charge in [0.15, 0.2) is 0 Å². The molecule has 0 saturated heterocycles. The molecule has 0 bridgehead atoms. The van der Waals surface area contributed by atoms with E-state index in [1.165, 1.54) is 38.2 Å². The van der Waals surface area contributed by atoms with Crippen LogP contribution in [-0.4, -0.2) is 24.1 Å². The molecule has 2 fully saturated rings. The highest BCUT2D eigenvalue weighted by Crippen LogP contribution is 2.32. The van der Waals surface area contributed by atoms with Gasteiger partial charge in [0.05, 0.1) is 5.92 Å². The fourth-order valence-corrected chi connectivity index (χ4v) is 4.05. The zero-order chi connectivity index (χ0) is 18.1. The summed E-state index contributed by atoms with van der Waals surface area (Å²) in [5, 5.41) is 0. The Morgan fingerprint density at radius 3 is 2.12 bits per heavy atom. The van der Waals surface area contributed by atoms with Gasteiger partial charge in [-0.15, -0.1) is 0 Å². The maximum atomic E-state index is 12.4. The Balaban J connectivity index is 1.65. The fraction of sp³-hybridized carbons (Fsp3) is 0.810. The van der Waals surface area contributed by atoms with Crippen LogP contribution < -0.4 is 0 Å². The lowest BCUT2D eigenvalue weighted by molar-refractivity contribution is -0.158. The minimum absolute atomic E-state index is 0.0190. The van der Waals surface area contributed by atoms with Crippen LogP contribution in [0.5, 0.6) is 0 Å². The zero-order valence-electron chi connectivity index (χ0n) is 15.9. The van der Waals surface area contributed by atoms with Crippen LogP contribution in [0.25, 0.3) is 0 Å². The summed E-state index contributed by atoms with van der Waals surface area (Å²) < 4.78 is 11.2. The predicted molar refractivity (Wildman–Crippen MR) is 98.0 cm³/mol. The van der Waals surface area contributed by atoms with Crippen molar-refractivity contribution in [1.82, 2.24) is 0 Å². The first kappa shape index (κ1) is 20.0. The third kappa shape index (κ3) is 6.83. The molecule has 0 unspecified atom stereocenters. The number of unbranched alkanes of at least 4 members (excludes halogenated alkanes) is 1. The number of carbonyl (C=O) groups is 2. The maximum absolute atomic E-state index is 12.4. The Kier molecular flexibility index (Phi) is 8.50. The van der Waals surface area contributed by atoms with Gasteiger partial charge in [-0.05, 0) is 64.2 Å². The molecule has 4 heteroatoms. The lowest BCUT2D eigenvalue weighted by atomic mass is 9.84. The van der Waals surface area contributed by atoms with Gasteiger partial charge in [-0.2, -0.15) is 0 Å². The maximum Gasteiger partial charge on any atom is 0.330 e. The molecule has 0 aliphatic heterocycles. The number of hydrogen-bond donors (Lipinski definition) is 0. The van der Waals surface area contributed by atoms with Crippen molar-refractivity contribution in [2.24, 2.45) is 11.8 Å². The monoisotopic (exact) mass is 350 g/mol. The van der Waals surface area contributed by atoms with Gasteiger partial charge < -0.3 is 9.47 Å². The van der Waals surface area contributed by atoms with E-state index in [9.17, 15) is 9.59 Å². The van der Waals surface area contributed by atoms with Crippen molar-refractivity contribution in [3.05, 3.63) is 12.2 Å². The first-order valence-corrected chi connectivity index (χ1v) is 10.2. The van der Waals surface area contributed by atoms with Crippen LogP contribution in [0.1, 0.15) is 84.5 Å². The molecule has 25 heavy (non-hydrogen) atoms. The van der Waals surface area contributed by atoms with Crippen molar-refractivity contribution < 1.29 is 19.1 Å². The molecule has 0 heterocycles. The second-order valence-electron chi connectivity index (χ2n) is 7.63. The van der Waals surface area contributed by atoms with Crippen molar-refractivity contribution in [1.29, 1.82) is 0 Å². The number of carbonyl (C=O) groups excluding carboxylic acids is 2. The first-order chi connectivity index (χ1) is 12.1. The van der Waals surface area contributed by atoms with E-state index in [4.69, 9.17) is 9.47 Å². The largest absolute Gasteiger partial charge is 0.462 e. The molecule has 0 atom stereocenters. The minimum Gasteiger partial charge on any atom is -0.462 e. The van der Waals surface area contributed by atoms with Crippen molar-refractivity contribution in [3.8, 4) is 0 Å². The van der Waals surface area contributed by atoms with E-state index < -0.39 is 0 Å². The standard InChI is InChI=1S/C21H34O4/c1-3-5-7-16-8-12-19(13-9-16)25-21(23)17-10-14-18(15-11-17)24-20(22)6-4-2/h4,6,16-19H,3,5,7-15H2,1-2H3. The Labute approximate surface area is 152 Å². The molecule has 0 radical (unpaired) electrons. The summed E-state index contributed by atoms with van der Waals surface area (Å²) in [4.78, 5) is 23.9. The Morgan fingerprint density at radius 2 is 1.52 bits per heavy atom. The highest BCUT2D eigenvalue weighted by atomic mass is 16.5. The lowest BCUT2D eigenvalue weighted by Gasteiger charge is -2.31. The fourth-order valence-electron chi connectivity index (χ4n) is 4.05. The number of rotatable bonds is 7. The SMILES string of the molecule is CC=CC(=O)OC1CCC(C(=O)OC2CCC(CCCC)CC2)CC1. The summed E-state index contributed by atoms with van der Waals surface area (Å²) in [5.41, 5.74) is 0. The summed E-state index contributed by atoms with van der Waals surface area (Å²) >= 11 is 0. The zero-order valence-corrected chi connectivity index (χ0v) is 15.9. The van der Waals surface area contributed by atoms with Gasteiger partial charge in [-0.3, -0.25) is 4.79 Å². The summed E-state index contributed by atoms with van der Waals surface area (Å²) in [6.45, 7) is 4.04. The van der Waals surface area contributed by atoms with Gasteiger partial charge in [0.25, 0.3) is 0 Å². The van der Waals surface area contributed by atoms with E-state index in [1.807, 2.05) is 0 Å². The molecule has 4 nitrogen and oxygen atoms in total. The molecule has 2 saturated carbocycles. The quantitative estimate of drug-likeness (QED) is 0.481. The molecule has 142 valence electrons. The Morgan fingerprint density at radius 1 is 0.920 bits per heavy atom. The Bertz CT molecular complexity index is 441. The van der Waals surface area contributed by atoms with Crippen molar-refractivity contribution in [2.45, 2.75) is 96.7 Å². The smallest absolute Gasteiger partial charge is 0.330 e. The van der Waals surface area contributed by atoms with Gasteiger partial charge in [0.1, 0.15) is 12.2 Å². The van der Waals surface area contributed by atoms with Gasteiger partial charge in [0.2, 0.25) is 0 Å². The van der Waals surface area contributed by atoms with Crippen LogP contribution in [0.4, 0.5) is 0 Å². The van der Waals surface area contributed by atoms with Crippen LogP contribution in [-0.2, 0) is 19.1 Å². The third-order valence-electron chi connectivity index (χ3n) is 5.64. The second-order valence-corrected chi connectivity index (χ2v) is 7.63. The molecule has 0 aromatic carbocycles. The van der Waals surface area contributed by atoms with Gasteiger partial charge >= 0.3 is 11.9 Å². The van der Waals surface area contributed by atoms with Crippen molar-refractivity contribution >= 4 is 11.9 Å². The van der Waals surface area contributed by atoms with Crippen molar-refractivity contribution in [3.63, 3.8) is 0 Å². The highest BCUT2D eigenvalue weighted by Gasteiger charge is 2.31. The molecule has 2 aliphatic carbocycles. The number of hydrogen-bond acceptors (Lipinski definition) is 4. The normalized spacial score (nSPS) is 30.2. The molecule has 0 amide bonds. The summed E-state index contributed by atoms with van der Waals surface area (Å²) in [6, 6.07) is 0. The highest BCUT2D eigenvalue weighted by molar-refractivity contribution is 5.82. The molecule has 2 aliphatic rings. The first-order valence-electron chi connectivity index (χ1n) is 10.2. The third-order valence-corrected chi connectivity index (χ3v) is 5.64. The molecular formula is C21H34O4. The molecular weight excluding hydrogens is 316 g/mol. The number of ether oxygens (including phenoxy) is 2. The second kappa shape index (κ2) is 10.6. The molecule has 2 rings (SSSR count). The predicted octanol–water partition coefficient (Wildman–Crippen LogP) is 4.96. The summed E-state index contributed by atoms with van der Waals surface area (Å²) in [5.74, 6) is 0.496. The molecule has 0 aromatic heterocycles. The van der Waals surface area contributed by atoms with Crippen LogP contribution >= 0.6 is 0 Å². The van der Waals surface area contributed by atoms with E-state index in [0.29, 0.717) is 0 Å². The average molecular weight is 350 g/mol. The van der Waals surface area contributed by atoms with Crippen LogP contribution in [0.2, 0.25) is 0 Å². The van der Waals surface area contributed by atoms with Crippen LogP contribution in [0.3, 0.4) is 0 Å². The topological polar surface area (TPSA) is 52.6 Å². The average Bonchev–Trinajstić information content (AvgIpc) is 2.62. The summed E-state index contributed by atoms with van der Waals surface area (Å²) in [6.07, 6.45) is 14.6. The Hall–Kier alpha value is -1.32. The molecule has 0 N–H and O–H groups in total. The van der Waals surface area contributed by atoms with E-state index in [2.05, 4.69) is 6.92 Å². The van der Waals surface area contributed by atoms with E-state index in [0.717, 1.165) is 44.4 Å². The van der Waals surface area contributed by atoms with E-state index in [-0.39, 0.29) is 30.1 Å². The molecule has 0 spiro atoms.